The van der Waals surface area contributed by atoms with Crippen molar-refractivity contribution in [2.75, 3.05) is 4.90 Å². The second kappa shape index (κ2) is 6.88. The van der Waals surface area contributed by atoms with E-state index in [4.69, 9.17) is 0 Å². The highest BCUT2D eigenvalue weighted by molar-refractivity contribution is 7.99. The molecule has 1 aliphatic heterocycles. The maximum absolute atomic E-state index is 9.19. The van der Waals surface area contributed by atoms with E-state index in [-0.39, 0.29) is 0 Å². The van der Waals surface area contributed by atoms with E-state index in [1.54, 1.807) is 24.2 Å². The highest BCUT2D eigenvalue weighted by Crippen LogP contribution is 2.51. The second-order valence-corrected chi connectivity index (χ2v) is 7.58. The van der Waals surface area contributed by atoms with Crippen LogP contribution in [0.4, 0.5) is 17.1 Å². The number of rotatable bonds is 2. The van der Waals surface area contributed by atoms with Crippen LogP contribution in [0, 0.1) is 11.3 Å². The van der Waals surface area contributed by atoms with Gasteiger partial charge in [-0.3, -0.25) is 4.98 Å². The molecule has 3 aromatic carbocycles. The van der Waals surface area contributed by atoms with Crippen LogP contribution in [0.5, 0.6) is 0 Å². The number of benzene rings is 3. The third-order valence-electron chi connectivity index (χ3n) is 4.74. The van der Waals surface area contributed by atoms with Crippen LogP contribution >= 0.6 is 11.8 Å². The fourth-order valence-electron chi connectivity index (χ4n) is 3.47. The molecule has 28 heavy (non-hydrogen) atoms. The van der Waals surface area contributed by atoms with Gasteiger partial charge in [-0.25, -0.2) is 0 Å². The van der Waals surface area contributed by atoms with Crippen molar-refractivity contribution in [2.45, 2.75) is 9.79 Å². The minimum Gasteiger partial charge on any atom is -0.308 e. The molecule has 0 fully saturated rings. The topological polar surface area (TPSA) is 39.9 Å². The first kappa shape index (κ1) is 16.6. The molecule has 0 aliphatic carbocycles. The van der Waals surface area contributed by atoms with Crippen molar-refractivity contribution < 1.29 is 0 Å². The SMILES string of the molecule is N#Cc1cncc(-c2cccc(N3c4ccccc4Sc4ccccc43)c2)c1. The molecule has 2 heterocycles. The Morgan fingerprint density at radius 2 is 1.46 bits per heavy atom. The van der Waals surface area contributed by atoms with E-state index in [1.807, 2.05) is 6.07 Å². The number of fused-ring (bicyclic) bond motifs is 2. The van der Waals surface area contributed by atoms with Crippen LogP contribution in [0.15, 0.2) is 101 Å². The third-order valence-corrected chi connectivity index (χ3v) is 5.87. The van der Waals surface area contributed by atoms with Gasteiger partial charge >= 0.3 is 0 Å². The Kier molecular flexibility index (Phi) is 4.08. The van der Waals surface area contributed by atoms with E-state index >= 15 is 0 Å². The Labute approximate surface area is 167 Å². The van der Waals surface area contributed by atoms with Crippen LogP contribution in [-0.2, 0) is 0 Å². The lowest BCUT2D eigenvalue weighted by molar-refractivity contribution is 1.17. The van der Waals surface area contributed by atoms with Crippen molar-refractivity contribution >= 4 is 28.8 Å². The van der Waals surface area contributed by atoms with Crippen LogP contribution in [0.3, 0.4) is 0 Å². The summed E-state index contributed by atoms with van der Waals surface area (Å²) in [6.07, 6.45) is 3.38. The first-order chi connectivity index (χ1) is 13.8. The summed E-state index contributed by atoms with van der Waals surface area (Å²) < 4.78 is 0. The molecule has 0 saturated carbocycles. The van der Waals surface area contributed by atoms with Crippen LogP contribution in [-0.4, -0.2) is 4.98 Å². The van der Waals surface area contributed by atoms with E-state index in [0.717, 1.165) is 16.8 Å². The van der Waals surface area contributed by atoms with Crippen molar-refractivity contribution in [3.05, 3.63) is 96.8 Å². The van der Waals surface area contributed by atoms with Gasteiger partial charge < -0.3 is 4.90 Å². The van der Waals surface area contributed by atoms with Gasteiger partial charge in [0.2, 0.25) is 0 Å². The number of pyridine rings is 1. The van der Waals surface area contributed by atoms with Gasteiger partial charge in [-0.15, -0.1) is 0 Å². The number of aromatic nitrogens is 1. The molecule has 1 aromatic heterocycles. The minimum absolute atomic E-state index is 0.563. The predicted molar refractivity (Wildman–Crippen MR) is 113 cm³/mol. The van der Waals surface area contributed by atoms with Crippen molar-refractivity contribution in [1.29, 1.82) is 5.26 Å². The van der Waals surface area contributed by atoms with E-state index in [2.05, 4.69) is 88.7 Å². The zero-order chi connectivity index (χ0) is 18.9. The lowest BCUT2D eigenvalue weighted by Crippen LogP contribution is -2.14. The molecule has 0 radical (unpaired) electrons. The molecule has 4 heteroatoms. The smallest absolute Gasteiger partial charge is 0.101 e. The zero-order valence-corrected chi connectivity index (χ0v) is 15.7. The average molecular weight is 377 g/mol. The van der Waals surface area contributed by atoms with E-state index in [9.17, 15) is 5.26 Å². The van der Waals surface area contributed by atoms with Gasteiger partial charge in [0.15, 0.2) is 0 Å². The van der Waals surface area contributed by atoms with Gasteiger partial charge in [-0.2, -0.15) is 5.26 Å². The summed E-state index contributed by atoms with van der Waals surface area (Å²) in [5, 5.41) is 9.19. The predicted octanol–water partition coefficient (Wildman–Crippen LogP) is 6.55. The molecule has 3 nitrogen and oxygen atoms in total. The minimum atomic E-state index is 0.563. The fourth-order valence-corrected chi connectivity index (χ4v) is 4.52. The summed E-state index contributed by atoms with van der Waals surface area (Å²) in [6.45, 7) is 0. The number of nitriles is 1. The van der Waals surface area contributed by atoms with E-state index in [1.165, 1.54) is 21.2 Å². The molecule has 0 atom stereocenters. The summed E-state index contributed by atoms with van der Waals surface area (Å²) in [5.74, 6) is 0. The molecule has 0 amide bonds. The number of para-hydroxylation sites is 2. The maximum Gasteiger partial charge on any atom is 0.101 e. The Morgan fingerprint density at radius 3 is 2.18 bits per heavy atom. The first-order valence-electron chi connectivity index (χ1n) is 8.95. The molecule has 0 N–H and O–H groups in total. The second-order valence-electron chi connectivity index (χ2n) is 6.50. The average Bonchev–Trinajstić information content (AvgIpc) is 2.77. The number of hydrogen-bond donors (Lipinski definition) is 0. The van der Waals surface area contributed by atoms with Gasteiger partial charge in [0, 0.05) is 33.4 Å². The van der Waals surface area contributed by atoms with Crippen LogP contribution in [0.25, 0.3) is 11.1 Å². The van der Waals surface area contributed by atoms with Crippen LogP contribution < -0.4 is 4.90 Å². The Hall–Kier alpha value is -3.55. The number of nitrogens with zero attached hydrogens (tertiary/aromatic N) is 3. The molecular formula is C24H15N3S. The molecule has 0 bridgehead atoms. The Bertz CT molecular complexity index is 1180. The lowest BCUT2D eigenvalue weighted by atomic mass is 10.0. The normalized spacial score (nSPS) is 12.0. The molecule has 1 aliphatic rings. The molecule has 4 aromatic rings. The number of hydrogen-bond acceptors (Lipinski definition) is 4. The van der Waals surface area contributed by atoms with Crippen molar-refractivity contribution in [2.24, 2.45) is 0 Å². The quantitative estimate of drug-likeness (QED) is 0.349. The number of anilines is 3. The molecule has 0 unspecified atom stereocenters. The summed E-state index contributed by atoms with van der Waals surface area (Å²) >= 11 is 1.80. The monoisotopic (exact) mass is 377 g/mol. The third kappa shape index (κ3) is 2.83. The van der Waals surface area contributed by atoms with Crippen molar-refractivity contribution in [1.82, 2.24) is 4.98 Å². The summed E-state index contributed by atoms with van der Waals surface area (Å²) in [4.78, 5) is 8.98. The van der Waals surface area contributed by atoms with Crippen LogP contribution in [0.1, 0.15) is 5.56 Å². The highest BCUT2D eigenvalue weighted by atomic mass is 32.2. The molecule has 132 valence electrons. The molecule has 0 saturated heterocycles. The van der Waals surface area contributed by atoms with Gasteiger partial charge in [0.25, 0.3) is 0 Å². The van der Waals surface area contributed by atoms with Crippen molar-refractivity contribution in [3.8, 4) is 17.2 Å². The molecular weight excluding hydrogens is 362 g/mol. The zero-order valence-electron chi connectivity index (χ0n) is 14.9. The van der Waals surface area contributed by atoms with Gasteiger partial charge in [-0.1, -0.05) is 48.2 Å². The molecule has 0 spiro atoms. The maximum atomic E-state index is 9.19. The fraction of sp³-hybridized carbons (Fsp3) is 0. The van der Waals surface area contributed by atoms with Crippen molar-refractivity contribution in [3.63, 3.8) is 0 Å². The molecule has 5 rings (SSSR count). The van der Waals surface area contributed by atoms with Crippen LogP contribution in [0.2, 0.25) is 0 Å². The van der Waals surface area contributed by atoms with Gasteiger partial charge in [0.1, 0.15) is 6.07 Å². The summed E-state index contributed by atoms with van der Waals surface area (Å²) in [7, 11) is 0. The van der Waals surface area contributed by atoms with E-state index in [0.29, 0.717) is 5.56 Å². The summed E-state index contributed by atoms with van der Waals surface area (Å²) in [6, 6.07) is 29.4. The first-order valence-corrected chi connectivity index (χ1v) is 9.77. The Balaban J connectivity index is 1.67. The Morgan fingerprint density at radius 1 is 0.750 bits per heavy atom. The standard InChI is InChI=1S/C24H15N3S/c25-14-17-12-19(16-26-15-17)18-6-5-7-20(13-18)27-21-8-1-3-10-23(21)28-24-11-4-2-9-22(24)27/h1-13,15-16H. The van der Waals surface area contributed by atoms with Gasteiger partial charge in [0.05, 0.1) is 16.9 Å². The highest BCUT2D eigenvalue weighted by Gasteiger charge is 2.24. The summed E-state index contributed by atoms with van der Waals surface area (Å²) in [5.41, 5.74) is 5.97. The van der Waals surface area contributed by atoms with Gasteiger partial charge in [-0.05, 0) is 48.0 Å². The largest absolute Gasteiger partial charge is 0.308 e. The van der Waals surface area contributed by atoms with E-state index < -0.39 is 0 Å². The lowest BCUT2D eigenvalue weighted by Gasteiger charge is -2.33.